The van der Waals surface area contributed by atoms with Crippen molar-refractivity contribution in [1.82, 2.24) is 5.32 Å². The number of hydrogen-bond acceptors (Lipinski definition) is 2. The van der Waals surface area contributed by atoms with Crippen molar-refractivity contribution in [3.8, 4) is 0 Å². The molecule has 1 saturated carbocycles. The van der Waals surface area contributed by atoms with E-state index >= 15 is 0 Å². The Morgan fingerprint density at radius 3 is 2.71 bits per heavy atom. The number of rotatable bonds is 6. The van der Waals surface area contributed by atoms with Gasteiger partial charge in [0, 0.05) is 30.1 Å². The highest BCUT2D eigenvalue weighted by molar-refractivity contribution is 9.10. The van der Waals surface area contributed by atoms with Gasteiger partial charge in [-0.25, -0.2) is 0 Å². The Hall–Kier alpha value is -0.380. The Balaban J connectivity index is 2.02. The van der Waals surface area contributed by atoms with Crippen LogP contribution in [0.15, 0.2) is 28.7 Å². The molecule has 94 valence electrons. The first-order valence-corrected chi connectivity index (χ1v) is 7.02. The molecule has 0 aromatic heterocycles. The van der Waals surface area contributed by atoms with E-state index in [4.69, 9.17) is 4.74 Å². The Kier molecular flexibility index (Phi) is 4.60. The van der Waals surface area contributed by atoms with Crippen LogP contribution in [0.2, 0.25) is 0 Å². The van der Waals surface area contributed by atoms with Crippen molar-refractivity contribution in [3.63, 3.8) is 0 Å². The fraction of sp³-hybridized carbons (Fsp3) is 0.571. The maximum absolute atomic E-state index is 5.07. The van der Waals surface area contributed by atoms with Crippen LogP contribution in [-0.2, 0) is 10.2 Å². The predicted octanol–water partition coefficient (Wildman–Crippen LogP) is 3.11. The molecule has 0 atom stereocenters. The number of ether oxygens (including phenoxy) is 1. The molecule has 0 amide bonds. The standard InChI is InChI=1S/C14H20BrNO/c1-17-10-9-16-11-14(7-4-8-14)12-5-2-3-6-13(12)15/h2-3,5-6,16H,4,7-11H2,1H3. The van der Waals surface area contributed by atoms with E-state index in [1.54, 1.807) is 7.11 Å². The first-order chi connectivity index (χ1) is 8.28. The molecule has 1 fully saturated rings. The van der Waals surface area contributed by atoms with E-state index in [0.29, 0.717) is 5.41 Å². The van der Waals surface area contributed by atoms with E-state index in [-0.39, 0.29) is 0 Å². The van der Waals surface area contributed by atoms with Crippen LogP contribution in [0.5, 0.6) is 0 Å². The lowest BCUT2D eigenvalue weighted by atomic mass is 9.64. The topological polar surface area (TPSA) is 21.3 Å². The van der Waals surface area contributed by atoms with Gasteiger partial charge in [0.25, 0.3) is 0 Å². The van der Waals surface area contributed by atoms with Crippen LogP contribution in [-0.4, -0.2) is 26.8 Å². The fourth-order valence-electron chi connectivity index (χ4n) is 2.54. The SMILES string of the molecule is COCCNCC1(c2ccccc2Br)CCC1. The molecule has 2 nitrogen and oxygen atoms in total. The lowest BCUT2D eigenvalue weighted by Gasteiger charge is -2.43. The Bertz CT molecular complexity index is 363. The molecule has 17 heavy (non-hydrogen) atoms. The van der Waals surface area contributed by atoms with Crippen molar-refractivity contribution >= 4 is 15.9 Å². The average Bonchev–Trinajstić information content (AvgIpc) is 2.29. The fourth-order valence-corrected chi connectivity index (χ4v) is 3.24. The molecule has 3 heteroatoms. The molecule has 1 aliphatic rings. The molecule has 1 N–H and O–H groups in total. The number of methoxy groups -OCH3 is 1. The number of halogens is 1. The summed E-state index contributed by atoms with van der Waals surface area (Å²) < 4.78 is 6.31. The lowest BCUT2D eigenvalue weighted by Crippen LogP contribution is -2.44. The van der Waals surface area contributed by atoms with Gasteiger partial charge in [0.15, 0.2) is 0 Å². The summed E-state index contributed by atoms with van der Waals surface area (Å²) in [6.45, 7) is 2.77. The molecule has 1 aliphatic carbocycles. The number of nitrogens with one attached hydrogen (secondary N) is 1. The molecule has 0 spiro atoms. The zero-order valence-electron chi connectivity index (χ0n) is 10.3. The monoisotopic (exact) mass is 297 g/mol. The normalized spacial score (nSPS) is 17.8. The van der Waals surface area contributed by atoms with Crippen LogP contribution >= 0.6 is 15.9 Å². The minimum atomic E-state index is 0.341. The third-order valence-corrected chi connectivity index (χ3v) is 4.39. The van der Waals surface area contributed by atoms with Crippen molar-refractivity contribution in [2.45, 2.75) is 24.7 Å². The maximum Gasteiger partial charge on any atom is 0.0587 e. The van der Waals surface area contributed by atoms with E-state index in [0.717, 1.165) is 19.7 Å². The van der Waals surface area contributed by atoms with Gasteiger partial charge in [0.05, 0.1) is 6.61 Å². The van der Waals surface area contributed by atoms with Gasteiger partial charge >= 0.3 is 0 Å². The van der Waals surface area contributed by atoms with Crippen molar-refractivity contribution in [2.75, 3.05) is 26.8 Å². The van der Waals surface area contributed by atoms with E-state index in [9.17, 15) is 0 Å². The quantitative estimate of drug-likeness (QED) is 0.815. The highest BCUT2D eigenvalue weighted by atomic mass is 79.9. The summed E-state index contributed by atoms with van der Waals surface area (Å²) in [6, 6.07) is 8.61. The predicted molar refractivity (Wildman–Crippen MR) is 74.4 cm³/mol. The van der Waals surface area contributed by atoms with E-state index in [1.807, 2.05) is 0 Å². The second-order valence-corrected chi connectivity index (χ2v) is 5.64. The van der Waals surface area contributed by atoms with Crippen LogP contribution in [0.1, 0.15) is 24.8 Å². The summed E-state index contributed by atoms with van der Waals surface area (Å²) in [5.41, 5.74) is 1.80. The Labute approximate surface area is 112 Å². The van der Waals surface area contributed by atoms with E-state index in [1.165, 1.54) is 29.3 Å². The second-order valence-electron chi connectivity index (χ2n) is 4.78. The molecule has 0 heterocycles. The van der Waals surface area contributed by atoms with Crippen molar-refractivity contribution in [2.24, 2.45) is 0 Å². The molecule has 0 aliphatic heterocycles. The minimum absolute atomic E-state index is 0.341. The molecular formula is C14H20BrNO. The largest absolute Gasteiger partial charge is 0.383 e. The van der Waals surface area contributed by atoms with Crippen LogP contribution < -0.4 is 5.32 Å². The van der Waals surface area contributed by atoms with Gasteiger partial charge in [-0.2, -0.15) is 0 Å². The molecular weight excluding hydrogens is 278 g/mol. The summed E-state index contributed by atoms with van der Waals surface area (Å²) >= 11 is 3.68. The van der Waals surface area contributed by atoms with Gasteiger partial charge in [-0.3, -0.25) is 0 Å². The Morgan fingerprint density at radius 1 is 1.35 bits per heavy atom. The summed E-state index contributed by atoms with van der Waals surface area (Å²) in [7, 11) is 1.74. The summed E-state index contributed by atoms with van der Waals surface area (Å²) in [4.78, 5) is 0. The first-order valence-electron chi connectivity index (χ1n) is 6.23. The molecule has 1 aromatic rings. The smallest absolute Gasteiger partial charge is 0.0587 e. The number of hydrogen-bond donors (Lipinski definition) is 1. The van der Waals surface area contributed by atoms with Gasteiger partial charge in [0.1, 0.15) is 0 Å². The second kappa shape index (κ2) is 5.98. The van der Waals surface area contributed by atoms with Gasteiger partial charge in [-0.1, -0.05) is 40.5 Å². The van der Waals surface area contributed by atoms with E-state index < -0.39 is 0 Å². The highest BCUT2D eigenvalue weighted by Gasteiger charge is 2.39. The molecule has 0 radical (unpaired) electrons. The average molecular weight is 298 g/mol. The number of benzene rings is 1. The molecule has 2 rings (SSSR count). The summed E-state index contributed by atoms with van der Waals surface area (Å²) in [6.07, 6.45) is 3.92. The van der Waals surface area contributed by atoms with Gasteiger partial charge in [0.2, 0.25) is 0 Å². The third-order valence-electron chi connectivity index (χ3n) is 3.70. The van der Waals surface area contributed by atoms with Gasteiger partial charge < -0.3 is 10.1 Å². The van der Waals surface area contributed by atoms with Crippen LogP contribution in [0.4, 0.5) is 0 Å². The van der Waals surface area contributed by atoms with Gasteiger partial charge in [-0.15, -0.1) is 0 Å². The van der Waals surface area contributed by atoms with Crippen LogP contribution in [0.3, 0.4) is 0 Å². The zero-order chi connectivity index (χ0) is 12.1. The molecule has 1 aromatic carbocycles. The maximum atomic E-state index is 5.07. The summed E-state index contributed by atoms with van der Waals surface area (Å²) in [5.74, 6) is 0. The van der Waals surface area contributed by atoms with Crippen molar-refractivity contribution in [3.05, 3.63) is 34.3 Å². The van der Waals surface area contributed by atoms with E-state index in [2.05, 4.69) is 45.5 Å². The molecule has 0 unspecified atom stereocenters. The minimum Gasteiger partial charge on any atom is -0.383 e. The lowest BCUT2D eigenvalue weighted by molar-refractivity contribution is 0.185. The Morgan fingerprint density at radius 2 is 2.12 bits per heavy atom. The molecule has 0 saturated heterocycles. The molecule has 0 bridgehead atoms. The highest BCUT2D eigenvalue weighted by Crippen LogP contribution is 2.45. The van der Waals surface area contributed by atoms with Crippen molar-refractivity contribution in [1.29, 1.82) is 0 Å². The van der Waals surface area contributed by atoms with Gasteiger partial charge in [-0.05, 0) is 24.5 Å². The zero-order valence-corrected chi connectivity index (χ0v) is 11.9. The van der Waals surface area contributed by atoms with Crippen LogP contribution in [0, 0.1) is 0 Å². The third kappa shape index (κ3) is 2.90. The summed E-state index contributed by atoms with van der Waals surface area (Å²) in [5, 5.41) is 3.51. The van der Waals surface area contributed by atoms with Crippen molar-refractivity contribution < 1.29 is 4.74 Å². The van der Waals surface area contributed by atoms with Crippen LogP contribution in [0.25, 0.3) is 0 Å². The first kappa shape index (κ1) is 13.1.